The maximum absolute atomic E-state index is 12.2. The first-order chi connectivity index (χ1) is 10.6. The average Bonchev–Trinajstić information content (AvgIpc) is 2.51. The number of aromatic hydroxyl groups is 1. The van der Waals surface area contributed by atoms with Crippen LogP contribution in [-0.4, -0.2) is 29.1 Å². The lowest BCUT2D eigenvalue weighted by Crippen LogP contribution is -2.50. The van der Waals surface area contributed by atoms with E-state index in [-0.39, 0.29) is 11.3 Å². The quantitative estimate of drug-likeness (QED) is 0.550. The van der Waals surface area contributed by atoms with Crippen molar-refractivity contribution in [3.8, 4) is 5.75 Å². The Hall–Kier alpha value is -1.82. The minimum atomic E-state index is -0.493. The molecular weight excluding hydrogens is 282 g/mol. The van der Waals surface area contributed by atoms with Crippen LogP contribution in [0.3, 0.4) is 0 Å². The van der Waals surface area contributed by atoms with Crippen LogP contribution < -0.4 is 16.6 Å². The van der Waals surface area contributed by atoms with E-state index in [9.17, 15) is 14.7 Å². The first-order valence-electron chi connectivity index (χ1n) is 8.19. The van der Waals surface area contributed by atoms with Crippen LogP contribution in [0.15, 0.2) is 4.79 Å². The van der Waals surface area contributed by atoms with Gasteiger partial charge in [-0.3, -0.25) is 9.59 Å². The second-order valence-corrected chi connectivity index (χ2v) is 5.87. The van der Waals surface area contributed by atoms with E-state index in [1.54, 1.807) is 0 Å². The van der Waals surface area contributed by atoms with Crippen molar-refractivity contribution in [2.45, 2.75) is 51.4 Å². The zero-order valence-corrected chi connectivity index (χ0v) is 13.0. The molecule has 0 unspecified atom stereocenters. The number of amides is 1. The van der Waals surface area contributed by atoms with Crippen molar-refractivity contribution in [2.24, 2.45) is 0 Å². The first-order valence-corrected chi connectivity index (χ1v) is 8.19. The van der Waals surface area contributed by atoms with Gasteiger partial charge in [-0.15, -0.1) is 0 Å². The normalized spacial score (nSPS) is 13.7. The molecule has 1 aromatic heterocycles. The summed E-state index contributed by atoms with van der Waals surface area (Å²) in [6.45, 7) is 1.46. The number of carbonyl (C=O) groups is 1. The Morgan fingerprint density at radius 1 is 1.18 bits per heavy atom. The maximum atomic E-state index is 12.2. The van der Waals surface area contributed by atoms with E-state index in [1.807, 2.05) is 0 Å². The van der Waals surface area contributed by atoms with Crippen molar-refractivity contribution in [3.05, 3.63) is 27.2 Å². The number of aromatic nitrogens is 1. The van der Waals surface area contributed by atoms with Crippen LogP contribution in [0.4, 0.5) is 0 Å². The summed E-state index contributed by atoms with van der Waals surface area (Å²) in [6.07, 6.45) is 7.54. The number of unbranched alkanes of at least 4 members (excludes halogenated alkanes) is 3. The van der Waals surface area contributed by atoms with Gasteiger partial charge in [-0.25, -0.2) is 0 Å². The van der Waals surface area contributed by atoms with E-state index in [0.29, 0.717) is 13.0 Å². The highest BCUT2D eigenvalue weighted by atomic mass is 16.3. The van der Waals surface area contributed by atoms with E-state index in [4.69, 9.17) is 0 Å². The molecule has 1 aliphatic carbocycles. The third-order valence-corrected chi connectivity index (χ3v) is 4.17. The van der Waals surface area contributed by atoms with Gasteiger partial charge < -0.3 is 21.1 Å². The van der Waals surface area contributed by atoms with Gasteiger partial charge in [-0.05, 0) is 44.9 Å². The lowest BCUT2D eigenvalue weighted by molar-refractivity contribution is -0.368. The van der Waals surface area contributed by atoms with Gasteiger partial charge >= 0.3 is 0 Å². The fraction of sp³-hybridized carbons (Fsp3) is 0.625. The lowest BCUT2D eigenvalue weighted by atomic mass is 9.93. The molecule has 0 saturated carbocycles. The van der Waals surface area contributed by atoms with Crippen molar-refractivity contribution in [2.75, 3.05) is 13.1 Å². The number of quaternary nitrogens is 1. The summed E-state index contributed by atoms with van der Waals surface area (Å²) in [5, 5.41) is 13.0. The fourth-order valence-electron chi connectivity index (χ4n) is 2.92. The van der Waals surface area contributed by atoms with Crippen molar-refractivity contribution in [1.29, 1.82) is 0 Å². The van der Waals surface area contributed by atoms with Crippen LogP contribution in [0.25, 0.3) is 0 Å². The zero-order chi connectivity index (χ0) is 15.9. The largest absolute Gasteiger partial charge is 0.507 e. The topological polar surface area (TPSA) is 110 Å². The molecule has 0 aromatic carbocycles. The first kappa shape index (κ1) is 16.5. The second kappa shape index (κ2) is 7.98. The Kier molecular flexibility index (Phi) is 6.00. The molecule has 0 radical (unpaired) electrons. The molecule has 1 aromatic rings. The Labute approximate surface area is 130 Å². The number of H-pyrrole nitrogens is 1. The monoisotopic (exact) mass is 308 g/mol. The molecule has 22 heavy (non-hydrogen) atoms. The second-order valence-electron chi connectivity index (χ2n) is 5.87. The number of carbonyl (C=O) groups excluding carboxylic acids is 1. The molecule has 1 heterocycles. The lowest BCUT2D eigenvalue weighted by Gasteiger charge is -2.18. The highest BCUT2D eigenvalue weighted by molar-refractivity contribution is 5.96. The fourth-order valence-corrected chi connectivity index (χ4v) is 2.92. The van der Waals surface area contributed by atoms with Crippen LogP contribution in [0.1, 0.15) is 60.1 Å². The highest BCUT2D eigenvalue weighted by Gasteiger charge is 2.23. The summed E-state index contributed by atoms with van der Waals surface area (Å²) in [7, 11) is 0. The molecule has 0 atom stereocenters. The van der Waals surface area contributed by atoms with E-state index < -0.39 is 11.5 Å². The van der Waals surface area contributed by atoms with Gasteiger partial charge in [0.15, 0.2) is 0 Å². The van der Waals surface area contributed by atoms with Crippen LogP contribution in [0, 0.1) is 0 Å². The predicted molar refractivity (Wildman–Crippen MR) is 83.9 cm³/mol. The molecule has 0 bridgehead atoms. The van der Waals surface area contributed by atoms with Crippen molar-refractivity contribution < 1.29 is 15.6 Å². The number of fused-ring (bicyclic) bond motifs is 1. The molecule has 2 rings (SSSR count). The predicted octanol–water partition coefficient (Wildman–Crippen LogP) is 0.491. The summed E-state index contributed by atoms with van der Waals surface area (Å²) < 4.78 is 0. The van der Waals surface area contributed by atoms with Crippen LogP contribution >= 0.6 is 0 Å². The van der Waals surface area contributed by atoms with Crippen molar-refractivity contribution in [3.63, 3.8) is 0 Å². The number of nitrogens with one attached hydrogen (secondary N) is 2. The molecule has 6 heteroatoms. The Morgan fingerprint density at radius 2 is 1.91 bits per heavy atom. The average molecular weight is 308 g/mol. The van der Waals surface area contributed by atoms with E-state index in [1.165, 1.54) is 0 Å². The minimum Gasteiger partial charge on any atom is -0.507 e. The molecule has 1 amide bonds. The van der Waals surface area contributed by atoms with Crippen LogP contribution in [-0.2, 0) is 12.8 Å². The maximum Gasteiger partial charge on any atom is 0.264 e. The number of pyridine rings is 1. The molecule has 6 nitrogen and oxygen atoms in total. The number of aryl methyl sites for hydroxylation is 1. The van der Waals surface area contributed by atoms with Gasteiger partial charge in [-0.2, -0.15) is 0 Å². The Morgan fingerprint density at radius 3 is 2.68 bits per heavy atom. The van der Waals surface area contributed by atoms with Gasteiger partial charge in [0.05, 0.1) is 6.54 Å². The van der Waals surface area contributed by atoms with Gasteiger partial charge in [0.1, 0.15) is 11.3 Å². The molecular formula is C16H26N3O3+. The number of aromatic amines is 1. The third kappa shape index (κ3) is 3.88. The highest BCUT2D eigenvalue weighted by Crippen LogP contribution is 2.28. The van der Waals surface area contributed by atoms with Crippen molar-refractivity contribution >= 4 is 5.91 Å². The van der Waals surface area contributed by atoms with Crippen LogP contribution in [0.2, 0.25) is 0 Å². The summed E-state index contributed by atoms with van der Waals surface area (Å²) in [5.41, 5.74) is 4.66. The molecule has 1 aliphatic rings. The minimum absolute atomic E-state index is 0.131. The van der Waals surface area contributed by atoms with Gasteiger partial charge in [0.2, 0.25) is 0 Å². The summed E-state index contributed by atoms with van der Waals surface area (Å²) in [6, 6.07) is 0. The number of hydrogen-bond acceptors (Lipinski definition) is 3. The molecule has 0 saturated heterocycles. The standard InChI is InChI=1S/C16H25N3O3/c17-9-5-1-2-6-10-18-15(21)13-14(20)11-7-3-4-8-12(11)19-16(13)22/h1-10,17H2,(H,18,21)(H2,19,20,22)/p+1. The Balaban J connectivity index is 1.99. The third-order valence-electron chi connectivity index (χ3n) is 4.17. The summed E-state index contributed by atoms with van der Waals surface area (Å²) in [4.78, 5) is 27.0. The number of rotatable bonds is 7. The zero-order valence-electron chi connectivity index (χ0n) is 13.0. The Bertz CT molecular complexity index is 581. The SMILES string of the molecule is [NH3+]CCCCCCNC(=O)c1c(O)c2c([nH]c1=O)CCCC2. The summed E-state index contributed by atoms with van der Waals surface area (Å²) in [5.74, 6) is -0.614. The van der Waals surface area contributed by atoms with E-state index >= 15 is 0 Å². The summed E-state index contributed by atoms with van der Waals surface area (Å²) >= 11 is 0. The smallest absolute Gasteiger partial charge is 0.264 e. The molecule has 0 spiro atoms. The van der Waals surface area contributed by atoms with Gasteiger partial charge in [0.25, 0.3) is 11.5 Å². The van der Waals surface area contributed by atoms with E-state index in [0.717, 1.165) is 62.7 Å². The molecule has 0 fully saturated rings. The molecule has 122 valence electrons. The number of hydrogen-bond donors (Lipinski definition) is 4. The molecule has 6 N–H and O–H groups in total. The molecule has 0 aliphatic heterocycles. The van der Waals surface area contributed by atoms with E-state index in [2.05, 4.69) is 16.0 Å². The van der Waals surface area contributed by atoms with Gasteiger partial charge in [0, 0.05) is 17.8 Å². The van der Waals surface area contributed by atoms with Crippen LogP contribution in [0.5, 0.6) is 5.75 Å². The van der Waals surface area contributed by atoms with Crippen molar-refractivity contribution in [1.82, 2.24) is 10.3 Å². The van der Waals surface area contributed by atoms with Gasteiger partial charge in [-0.1, -0.05) is 6.42 Å².